The molecule has 7 nitrogen and oxygen atoms in total. The average molecular weight is 495 g/mol. The molecule has 0 aromatic heterocycles. The summed E-state index contributed by atoms with van der Waals surface area (Å²) in [4.78, 5) is 45.3. The molecule has 8 heteroatoms. The van der Waals surface area contributed by atoms with Crippen LogP contribution >= 0.6 is 11.6 Å². The lowest BCUT2D eigenvalue weighted by molar-refractivity contribution is -0.135. The van der Waals surface area contributed by atoms with E-state index < -0.39 is 35.7 Å². The molecule has 0 saturated carbocycles. The summed E-state index contributed by atoms with van der Waals surface area (Å²) in [6, 6.07) is 14.6. The number of likely N-dealkylation sites (N-methyl/N-ethyl adjacent to an activating group) is 1. The Morgan fingerprint density at radius 1 is 1.17 bits per heavy atom. The van der Waals surface area contributed by atoms with Gasteiger partial charge in [0.15, 0.2) is 0 Å². The van der Waals surface area contributed by atoms with Gasteiger partial charge in [0.2, 0.25) is 18.0 Å². The molecule has 2 aromatic rings. The summed E-state index contributed by atoms with van der Waals surface area (Å²) in [6.45, 7) is 7.62. The molecule has 0 radical (unpaired) electrons. The molecule has 0 bridgehead atoms. The Labute approximate surface area is 211 Å². The van der Waals surface area contributed by atoms with E-state index in [4.69, 9.17) is 22.3 Å². The van der Waals surface area contributed by atoms with Crippen molar-refractivity contribution in [3.63, 3.8) is 0 Å². The predicted molar refractivity (Wildman–Crippen MR) is 139 cm³/mol. The minimum absolute atomic E-state index is 0.127. The van der Waals surface area contributed by atoms with Crippen LogP contribution in [0.3, 0.4) is 0 Å². The van der Waals surface area contributed by atoms with Crippen molar-refractivity contribution in [1.82, 2.24) is 5.32 Å². The highest BCUT2D eigenvalue weighted by Crippen LogP contribution is 2.29. The number of hydrogen-bond donors (Lipinski definition) is 2. The van der Waals surface area contributed by atoms with Crippen molar-refractivity contribution in [2.75, 3.05) is 11.9 Å². The van der Waals surface area contributed by atoms with E-state index in [9.17, 15) is 14.4 Å². The van der Waals surface area contributed by atoms with Gasteiger partial charge in [-0.2, -0.15) is 0 Å². The SMILES string of the molecule is C=CC[C@H](C(N)=O)[C@@H](CC(C)C)C(=O)N[C@H]1N=C(c2ccc(Cl)cc2)c2ccccc2N(C)C1=O. The Balaban J connectivity index is 2.05. The van der Waals surface area contributed by atoms with E-state index >= 15 is 0 Å². The van der Waals surface area contributed by atoms with Gasteiger partial charge in [0, 0.05) is 23.2 Å². The van der Waals surface area contributed by atoms with Gasteiger partial charge in [-0.25, -0.2) is 4.99 Å². The van der Waals surface area contributed by atoms with Crippen molar-refractivity contribution < 1.29 is 14.4 Å². The number of primary amides is 1. The number of halogens is 1. The zero-order chi connectivity index (χ0) is 25.7. The maximum atomic E-state index is 13.5. The van der Waals surface area contributed by atoms with Crippen LogP contribution in [0.1, 0.15) is 37.8 Å². The molecular weight excluding hydrogens is 464 g/mol. The Kier molecular flexibility index (Phi) is 8.46. The number of carbonyl (C=O) groups is 3. The predicted octanol–water partition coefficient (Wildman–Crippen LogP) is 3.94. The Morgan fingerprint density at radius 2 is 1.83 bits per heavy atom. The Bertz CT molecular complexity index is 1140. The smallest absolute Gasteiger partial charge is 0.272 e. The molecule has 0 fully saturated rings. The quantitative estimate of drug-likeness (QED) is 0.516. The van der Waals surface area contributed by atoms with Crippen LogP contribution < -0.4 is 16.0 Å². The number of hydrogen-bond acceptors (Lipinski definition) is 4. The summed E-state index contributed by atoms with van der Waals surface area (Å²) in [5.41, 5.74) is 8.36. The number of fused-ring (bicyclic) bond motifs is 1. The molecule has 3 amide bonds. The number of anilines is 1. The van der Waals surface area contributed by atoms with Gasteiger partial charge < -0.3 is 16.0 Å². The van der Waals surface area contributed by atoms with Crippen LogP contribution in [0, 0.1) is 17.8 Å². The Hall–Kier alpha value is -3.45. The highest BCUT2D eigenvalue weighted by atomic mass is 35.5. The number of nitrogens with one attached hydrogen (secondary N) is 1. The number of nitrogens with zero attached hydrogens (tertiary/aromatic N) is 2. The van der Waals surface area contributed by atoms with E-state index in [1.165, 1.54) is 4.90 Å². The molecular formula is C27H31ClN4O3. The van der Waals surface area contributed by atoms with Gasteiger partial charge in [0.25, 0.3) is 5.91 Å². The average Bonchev–Trinajstić information content (AvgIpc) is 2.92. The molecule has 3 atom stereocenters. The molecule has 0 unspecified atom stereocenters. The fourth-order valence-electron chi connectivity index (χ4n) is 4.32. The van der Waals surface area contributed by atoms with Crippen molar-refractivity contribution in [2.45, 2.75) is 32.9 Å². The van der Waals surface area contributed by atoms with Crippen LogP contribution in [0.4, 0.5) is 5.69 Å². The maximum Gasteiger partial charge on any atom is 0.272 e. The highest BCUT2D eigenvalue weighted by molar-refractivity contribution is 6.30. The zero-order valence-corrected chi connectivity index (χ0v) is 21.0. The van der Waals surface area contributed by atoms with E-state index in [2.05, 4.69) is 11.9 Å². The van der Waals surface area contributed by atoms with Crippen LogP contribution in [0.25, 0.3) is 0 Å². The summed E-state index contributed by atoms with van der Waals surface area (Å²) in [7, 11) is 1.65. The summed E-state index contributed by atoms with van der Waals surface area (Å²) in [6.07, 6.45) is 1.09. The molecule has 1 heterocycles. The third-order valence-electron chi connectivity index (χ3n) is 6.07. The van der Waals surface area contributed by atoms with Gasteiger partial charge in [-0.15, -0.1) is 6.58 Å². The molecule has 184 valence electrons. The lowest BCUT2D eigenvalue weighted by atomic mass is 9.82. The maximum absolute atomic E-state index is 13.5. The number of benzodiazepines with no additional fused rings is 1. The van der Waals surface area contributed by atoms with Crippen LogP contribution in [-0.2, 0) is 14.4 Å². The van der Waals surface area contributed by atoms with Crippen LogP contribution in [0.2, 0.25) is 5.02 Å². The van der Waals surface area contributed by atoms with Gasteiger partial charge in [0.1, 0.15) is 0 Å². The molecule has 35 heavy (non-hydrogen) atoms. The number of nitrogens with two attached hydrogens (primary N) is 1. The molecule has 3 N–H and O–H groups in total. The molecule has 1 aliphatic heterocycles. The monoisotopic (exact) mass is 494 g/mol. The molecule has 0 saturated heterocycles. The second-order valence-electron chi connectivity index (χ2n) is 9.08. The first-order valence-electron chi connectivity index (χ1n) is 11.5. The van der Waals surface area contributed by atoms with Gasteiger partial charge in [-0.05, 0) is 37.0 Å². The lowest BCUT2D eigenvalue weighted by Crippen LogP contribution is -2.50. The topological polar surface area (TPSA) is 105 Å². The molecule has 1 aliphatic rings. The van der Waals surface area contributed by atoms with E-state index in [0.29, 0.717) is 22.8 Å². The van der Waals surface area contributed by atoms with Gasteiger partial charge in [-0.3, -0.25) is 14.4 Å². The standard InChI is InChI=1S/C27H31ClN4O3/c1-5-8-19(24(29)33)21(15-16(2)3)26(34)31-25-27(35)32(4)22-10-7-6-9-20(22)23(30-25)17-11-13-18(28)14-12-17/h5-7,9-14,16,19,21,25H,1,8,15H2,2-4H3,(H2,29,33)(H,31,34)/t19-,21+,25+/m0/s1. The van der Waals surface area contributed by atoms with E-state index in [1.54, 1.807) is 25.3 Å². The van der Waals surface area contributed by atoms with Crippen LogP contribution in [0.15, 0.2) is 66.2 Å². The molecule has 2 aromatic carbocycles. The third-order valence-corrected chi connectivity index (χ3v) is 6.33. The summed E-state index contributed by atoms with van der Waals surface area (Å²) >= 11 is 6.08. The number of rotatable bonds is 9. The van der Waals surface area contributed by atoms with E-state index in [0.717, 1.165) is 11.1 Å². The van der Waals surface area contributed by atoms with Crippen molar-refractivity contribution in [3.8, 4) is 0 Å². The first-order valence-corrected chi connectivity index (χ1v) is 11.9. The fourth-order valence-corrected chi connectivity index (χ4v) is 4.44. The number of para-hydroxylation sites is 1. The number of carbonyl (C=O) groups excluding carboxylic acids is 3. The van der Waals surface area contributed by atoms with Crippen molar-refractivity contribution in [1.29, 1.82) is 0 Å². The van der Waals surface area contributed by atoms with Gasteiger partial charge in [0.05, 0.1) is 23.2 Å². The second kappa shape index (κ2) is 11.3. The first kappa shape index (κ1) is 26.2. The van der Waals surface area contributed by atoms with Crippen molar-refractivity contribution >= 4 is 40.7 Å². The number of benzene rings is 2. The van der Waals surface area contributed by atoms with E-state index in [1.807, 2.05) is 50.2 Å². The van der Waals surface area contributed by atoms with Crippen LogP contribution in [-0.4, -0.2) is 36.6 Å². The van der Waals surface area contributed by atoms with E-state index in [-0.39, 0.29) is 12.3 Å². The fraction of sp³-hybridized carbons (Fsp3) is 0.333. The molecule has 0 spiro atoms. The van der Waals surface area contributed by atoms with Crippen LogP contribution in [0.5, 0.6) is 0 Å². The number of allylic oxidation sites excluding steroid dienone is 1. The molecule has 0 aliphatic carbocycles. The minimum Gasteiger partial charge on any atom is -0.369 e. The van der Waals surface area contributed by atoms with Gasteiger partial charge in [-0.1, -0.05) is 61.9 Å². The van der Waals surface area contributed by atoms with Crippen molar-refractivity contribution in [3.05, 3.63) is 77.3 Å². The Morgan fingerprint density at radius 3 is 2.43 bits per heavy atom. The summed E-state index contributed by atoms with van der Waals surface area (Å²) in [5.74, 6) is -2.73. The largest absolute Gasteiger partial charge is 0.369 e. The third kappa shape index (κ3) is 5.98. The zero-order valence-electron chi connectivity index (χ0n) is 20.2. The number of amides is 3. The second-order valence-corrected chi connectivity index (χ2v) is 9.52. The molecule has 3 rings (SSSR count). The van der Waals surface area contributed by atoms with Crippen molar-refractivity contribution in [2.24, 2.45) is 28.5 Å². The lowest BCUT2D eigenvalue weighted by Gasteiger charge is -2.27. The highest BCUT2D eigenvalue weighted by Gasteiger charge is 2.36. The normalized spacial score (nSPS) is 17.2. The summed E-state index contributed by atoms with van der Waals surface area (Å²) in [5, 5.41) is 3.37. The number of aliphatic imine (C=N–C) groups is 1. The summed E-state index contributed by atoms with van der Waals surface area (Å²) < 4.78 is 0. The first-order chi connectivity index (χ1) is 16.6. The van der Waals surface area contributed by atoms with Gasteiger partial charge >= 0.3 is 0 Å². The minimum atomic E-state index is -1.18.